The molecule has 0 saturated carbocycles. The van der Waals surface area contributed by atoms with Gasteiger partial charge in [0.2, 0.25) is 5.78 Å². The zero-order valence-corrected chi connectivity index (χ0v) is 19.4. The molecule has 0 aliphatic rings. The number of rotatable bonds is 4. The van der Waals surface area contributed by atoms with E-state index in [-0.39, 0.29) is 43.8 Å². The molecule has 2 aromatic carbocycles. The molecule has 2 heterocycles. The smallest absolute Gasteiger partial charge is 0.266 e. The number of carbonyl (C=O) groups excluding carboxylic acids is 2. The maximum absolute atomic E-state index is 14.8. The number of aromatic nitrogens is 2. The van der Waals surface area contributed by atoms with Gasteiger partial charge in [0.05, 0.1) is 34.0 Å². The lowest BCUT2D eigenvalue weighted by molar-refractivity contribution is 0.0964. The Bertz CT molecular complexity index is 1400. The van der Waals surface area contributed by atoms with E-state index in [4.69, 9.17) is 33.7 Å². The average Bonchev–Trinajstić information content (AvgIpc) is 3.13. The van der Waals surface area contributed by atoms with Crippen molar-refractivity contribution in [3.63, 3.8) is 0 Å². The Morgan fingerprint density at radius 3 is 2.50 bits per heavy atom. The molecule has 0 amide bonds. The van der Waals surface area contributed by atoms with Crippen LogP contribution in [-0.4, -0.2) is 28.4 Å². The first kappa shape index (κ1) is 22.3. The van der Waals surface area contributed by atoms with Gasteiger partial charge >= 0.3 is 0 Å². The molecule has 32 heavy (non-hydrogen) atoms. The van der Waals surface area contributed by atoms with Crippen molar-refractivity contribution in [1.29, 1.82) is 0 Å². The Morgan fingerprint density at radius 2 is 1.84 bits per heavy atom. The van der Waals surface area contributed by atoms with Crippen LogP contribution in [0, 0.1) is 5.82 Å². The highest BCUT2D eigenvalue weighted by Crippen LogP contribution is 2.33. The maximum atomic E-state index is 14.8. The van der Waals surface area contributed by atoms with Crippen molar-refractivity contribution in [1.82, 2.24) is 9.55 Å². The number of halogens is 4. The Morgan fingerprint density at radius 1 is 1.16 bits per heavy atom. The summed E-state index contributed by atoms with van der Waals surface area (Å²) in [5.41, 5.74) is 5.34. The van der Waals surface area contributed by atoms with Crippen LogP contribution in [0.3, 0.4) is 0 Å². The van der Waals surface area contributed by atoms with Crippen molar-refractivity contribution < 1.29 is 18.7 Å². The van der Waals surface area contributed by atoms with Crippen molar-refractivity contribution in [3.05, 3.63) is 85.8 Å². The number of benzene rings is 2. The molecule has 0 atom stereocenters. The fraction of sp³-hybridized carbons (Fsp3) is 0.0455. The topological polar surface area (TPSA) is 87.2 Å². The lowest BCUT2D eigenvalue weighted by atomic mass is 10.0. The lowest BCUT2D eigenvalue weighted by Gasteiger charge is -2.10. The molecule has 0 spiro atoms. The van der Waals surface area contributed by atoms with Crippen LogP contribution >= 0.6 is 39.1 Å². The first-order valence-electron chi connectivity index (χ1n) is 9.06. The van der Waals surface area contributed by atoms with Crippen LogP contribution in [0.15, 0.2) is 53.3 Å². The van der Waals surface area contributed by atoms with E-state index in [0.717, 1.165) is 4.57 Å². The Balaban J connectivity index is 1.98. The van der Waals surface area contributed by atoms with Gasteiger partial charge in [-0.3, -0.25) is 14.2 Å². The number of ether oxygens (including phenoxy) is 1. The molecule has 0 bridgehead atoms. The first-order valence-corrected chi connectivity index (χ1v) is 10.6. The third-order valence-corrected chi connectivity index (χ3v) is 5.89. The molecule has 6 nitrogen and oxygen atoms in total. The second-order valence-corrected chi connectivity index (χ2v) is 8.44. The van der Waals surface area contributed by atoms with Crippen molar-refractivity contribution in [2.75, 3.05) is 12.8 Å². The monoisotopic (exact) mass is 535 g/mol. The van der Waals surface area contributed by atoms with Crippen LogP contribution in [0.25, 0.3) is 11.0 Å². The third-order valence-electron chi connectivity index (χ3n) is 4.83. The van der Waals surface area contributed by atoms with E-state index in [1.165, 1.54) is 43.8 Å². The zero-order valence-electron chi connectivity index (χ0n) is 16.3. The molecule has 0 radical (unpaired) electrons. The van der Waals surface area contributed by atoms with Crippen LogP contribution in [0.1, 0.15) is 26.3 Å². The van der Waals surface area contributed by atoms with Crippen molar-refractivity contribution in [3.8, 4) is 5.75 Å². The number of nitrogen functional groups attached to an aromatic ring is 1. The SMILES string of the molecule is COc1ccc(N)c(F)c1C(=O)c1cn(C(=O)c2c(Cl)cccc2Cl)c2ncc(Br)cc12. The Labute approximate surface area is 199 Å². The molecule has 4 rings (SSSR count). The number of methoxy groups -OCH3 is 1. The summed E-state index contributed by atoms with van der Waals surface area (Å²) in [6.45, 7) is 0. The summed E-state index contributed by atoms with van der Waals surface area (Å²) in [5, 5.41) is 0.584. The van der Waals surface area contributed by atoms with Crippen LogP contribution < -0.4 is 10.5 Å². The van der Waals surface area contributed by atoms with Gasteiger partial charge in [0.15, 0.2) is 5.82 Å². The van der Waals surface area contributed by atoms with Crippen LogP contribution in [0.4, 0.5) is 10.1 Å². The molecule has 2 N–H and O–H groups in total. The highest BCUT2D eigenvalue weighted by Gasteiger charge is 2.28. The van der Waals surface area contributed by atoms with Gasteiger partial charge in [-0.1, -0.05) is 29.3 Å². The predicted octanol–water partition coefficient (Wildman–Crippen LogP) is 5.76. The summed E-state index contributed by atoms with van der Waals surface area (Å²) >= 11 is 15.7. The van der Waals surface area contributed by atoms with Crippen LogP contribution in [-0.2, 0) is 0 Å². The van der Waals surface area contributed by atoms with E-state index >= 15 is 0 Å². The van der Waals surface area contributed by atoms with Gasteiger partial charge in [0, 0.05) is 22.3 Å². The van der Waals surface area contributed by atoms with E-state index in [2.05, 4.69) is 20.9 Å². The van der Waals surface area contributed by atoms with Gasteiger partial charge in [-0.15, -0.1) is 0 Å². The van der Waals surface area contributed by atoms with Gasteiger partial charge in [-0.25, -0.2) is 9.37 Å². The number of fused-ring (bicyclic) bond motifs is 1. The predicted molar refractivity (Wildman–Crippen MR) is 124 cm³/mol. The molecule has 0 unspecified atom stereocenters. The average molecular weight is 537 g/mol. The zero-order chi connectivity index (χ0) is 23.2. The third kappa shape index (κ3) is 3.64. The minimum atomic E-state index is -0.918. The maximum Gasteiger partial charge on any atom is 0.266 e. The number of hydrogen-bond acceptors (Lipinski definition) is 5. The quantitative estimate of drug-likeness (QED) is 0.265. The molecular formula is C22H13BrCl2FN3O3. The summed E-state index contributed by atoms with van der Waals surface area (Å²) in [7, 11) is 1.31. The van der Waals surface area contributed by atoms with Gasteiger partial charge in [0.25, 0.3) is 5.91 Å². The number of ketones is 1. The van der Waals surface area contributed by atoms with Crippen molar-refractivity contribution >= 4 is 67.5 Å². The van der Waals surface area contributed by atoms with Crippen LogP contribution in [0.2, 0.25) is 10.0 Å². The summed E-state index contributed by atoms with van der Waals surface area (Å²) < 4.78 is 21.7. The van der Waals surface area contributed by atoms with E-state index in [9.17, 15) is 14.0 Å². The number of nitrogens with zero attached hydrogens (tertiary/aromatic N) is 2. The fourth-order valence-electron chi connectivity index (χ4n) is 3.33. The highest BCUT2D eigenvalue weighted by atomic mass is 79.9. The van der Waals surface area contributed by atoms with Crippen molar-refractivity contribution in [2.45, 2.75) is 0 Å². The molecule has 0 aliphatic carbocycles. The Hall–Kier alpha value is -2.94. The van der Waals surface area contributed by atoms with E-state index in [1.807, 2.05) is 0 Å². The molecule has 162 valence electrons. The largest absolute Gasteiger partial charge is 0.496 e. The number of carbonyl (C=O) groups is 2. The summed E-state index contributed by atoms with van der Waals surface area (Å²) in [6, 6.07) is 8.95. The molecule has 4 aromatic rings. The minimum Gasteiger partial charge on any atom is -0.496 e. The fourth-order valence-corrected chi connectivity index (χ4v) is 4.22. The molecular weight excluding hydrogens is 524 g/mol. The molecule has 2 aromatic heterocycles. The van der Waals surface area contributed by atoms with Crippen LogP contribution in [0.5, 0.6) is 5.75 Å². The van der Waals surface area contributed by atoms with Gasteiger partial charge in [-0.05, 0) is 46.3 Å². The van der Waals surface area contributed by atoms with Crippen molar-refractivity contribution in [2.24, 2.45) is 0 Å². The van der Waals surface area contributed by atoms with E-state index < -0.39 is 17.5 Å². The summed E-state index contributed by atoms with van der Waals surface area (Å²) in [6.07, 6.45) is 2.74. The second kappa shape index (κ2) is 8.54. The standard InChI is InChI=1S/C22H13BrCl2FN3O3/c1-32-16-6-5-15(27)19(26)18(16)20(30)12-9-29(21-11(12)7-10(23)8-28-21)22(31)17-13(24)3-2-4-14(17)25/h2-9H,27H2,1H3. The second-order valence-electron chi connectivity index (χ2n) is 6.71. The Kier molecular flexibility index (Phi) is 5.94. The summed E-state index contributed by atoms with van der Waals surface area (Å²) in [5.74, 6) is -2.24. The normalized spacial score (nSPS) is 11.0. The summed E-state index contributed by atoms with van der Waals surface area (Å²) in [4.78, 5) is 31.0. The molecule has 0 fully saturated rings. The molecule has 0 saturated heterocycles. The van der Waals surface area contributed by atoms with E-state index in [1.54, 1.807) is 12.1 Å². The van der Waals surface area contributed by atoms with E-state index in [0.29, 0.717) is 9.86 Å². The number of hydrogen-bond donors (Lipinski definition) is 1. The highest BCUT2D eigenvalue weighted by molar-refractivity contribution is 9.10. The van der Waals surface area contributed by atoms with Gasteiger partial charge in [-0.2, -0.15) is 0 Å². The first-order chi connectivity index (χ1) is 15.2. The molecule has 0 aliphatic heterocycles. The number of anilines is 1. The van der Waals surface area contributed by atoms with Gasteiger partial charge < -0.3 is 10.5 Å². The minimum absolute atomic E-state index is 0.00558. The number of nitrogens with two attached hydrogens (primary N) is 1. The molecule has 10 heteroatoms. The lowest BCUT2D eigenvalue weighted by Crippen LogP contribution is -2.13. The van der Waals surface area contributed by atoms with Gasteiger partial charge in [0.1, 0.15) is 17.0 Å². The number of pyridine rings is 1.